The van der Waals surface area contributed by atoms with Gasteiger partial charge in [0, 0.05) is 25.0 Å². The smallest absolute Gasteiger partial charge is 0.247 e. The minimum absolute atomic E-state index is 0.153. The quantitative estimate of drug-likeness (QED) is 0.700. The molecule has 0 aliphatic rings. The van der Waals surface area contributed by atoms with E-state index < -0.39 is 6.04 Å². The van der Waals surface area contributed by atoms with Crippen LogP contribution >= 0.6 is 11.6 Å². The minimum Gasteiger partial charge on any atom is -0.354 e. The first-order valence-electron chi connectivity index (χ1n) is 8.87. The van der Waals surface area contributed by atoms with Gasteiger partial charge in [0.1, 0.15) is 6.04 Å². The molecule has 0 saturated carbocycles. The lowest BCUT2D eigenvalue weighted by molar-refractivity contribution is -0.140. The molecule has 26 heavy (non-hydrogen) atoms. The van der Waals surface area contributed by atoms with Gasteiger partial charge in [-0.1, -0.05) is 67.4 Å². The number of rotatable bonds is 8. The molecule has 0 bridgehead atoms. The second-order valence-electron chi connectivity index (χ2n) is 6.23. The summed E-state index contributed by atoms with van der Waals surface area (Å²) in [5.74, 6) is -0.312. The van der Waals surface area contributed by atoms with Crippen LogP contribution in [0.15, 0.2) is 54.6 Å². The number of nitrogens with one attached hydrogen (secondary N) is 1. The first-order valence-corrected chi connectivity index (χ1v) is 9.25. The maximum atomic E-state index is 12.9. The number of unbranched alkanes of at least 4 members (excludes halogenated alkanes) is 1. The molecule has 1 N–H and O–H groups in total. The molecule has 2 aromatic carbocycles. The van der Waals surface area contributed by atoms with Gasteiger partial charge in [0.15, 0.2) is 0 Å². The summed E-state index contributed by atoms with van der Waals surface area (Å²) < 4.78 is 0. The Labute approximate surface area is 160 Å². The summed E-state index contributed by atoms with van der Waals surface area (Å²) in [6, 6.07) is 16.1. The van der Waals surface area contributed by atoms with E-state index in [1.165, 1.54) is 6.92 Å². The van der Waals surface area contributed by atoms with Crippen molar-refractivity contribution in [2.24, 2.45) is 0 Å². The second kappa shape index (κ2) is 9.97. The van der Waals surface area contributed by atoms with Crippen molar-refractivity contribution in [1.82, 2.24) is 10.2 Å². The number of carbonyl (C=O) groups excluding carboxylic acids is 2. The second-order valence-corrected chi connectivity index (χ2v) is 6.67. The normalized spacial score (nSPS) is 11.7. The first-order chi connectivity index (χ1) is 12.5. The molecule has 2 rings (SSSR count). The molecule has 0 radical (unpaired) electrons. The highest BCUT2D eigenvalue weighted by Gasteiger charge is 2.29. The zero-order chi connectivity index (χ0) is 18.9. The Morgan fingerprint density at radius 3 is 2.31 bits per heavy atom. The molecular weight excluding hydrogens is 348 g/mol. The van der Waals surface area contributed by atoms with Gasteiger partial charge in [0.05, 0.1) is 0 Å². The molecule has 2 amide bonds. The van der Waals surface area contributed by atoms with Gasteiger partial charge in [-0.05, 0) is 29.7 Å². The SMILES string of the molecule is CCCCNC(=O)C(c1ccccc1)N(Cc1ccc(Cl)cc1)C(C)=O. The molecule has 0 aromatic heterocycles. The summed E-state index contributed by atoms with van der Waals surface area (Å²) in [7, 11) is 0. The molecule has 0 aliphatic heterocycles. The number of carbonyl (C=O) groups is 2. The van der Waals surface area contributed by atoms with Crippen molar-refractivity contribution in [1.29, 1.82) is 0 Å². The van der Waals surface area contributed by atoms with E-state index in [0.717, 1.165) is 24.0 Å². The molecular formula is C21H25ClN2O2. The average molecular weight is 373 g/mol. The summed E-state index contributed by atoms with van der Waals surface area (Å²) in [5, 5.41) is 3.60. The van der Waals surface area contributed by atoms with Crippen molar-refractivity contribution in [3.05, 3.63) is 70.7 Å². The highest BCUT2D eigenvalue weighted by molar-refractivity contribution is 6.30. The van der Waals surface area contributed by atoms with Gasteiger partial charge < -0.3 is 10.2 Å². The van der Waals surface area contributed by atoms with Crippen LogP contribution in [0.5, 0.6) is 0 Å². The van der Waals surface area contributed by atoms with Crippen molar-refractivity contribution >= 4 is 23.4 Å². The number of benzene rings is 2. The maximum Gasteiger partial charge on any atom is 0.247 e. The highest BCUT2D eigenvalue weighted by Crippen LogP contribution is 2.24. The third-order valence-corrected chi connectivity index (χ3v) is 4.43. The first kappa shape index (κ1) is 20.0. The fraction of sp³-hybridized carbons (Fsp3) is 0.333. The average Bonchev–Trinajstić information content (AvgIpc) is 2.64. The number of hydrogen-bond acceptors (Lipinski definition) is 2. The van der Waals surface area contributed by atoms with Crippen molar-refractivity contribution < 1.29 is 9.59 Å². The third-order valence-electron chi connectivity index (χ3n) is 4.18. The van der Waals surface area contributed by atoms with Crippen LogP contribution in [0.25, 0.3) is 0 Å². The topological polar surface area (TPSA) is 49.4 Å². The van der Waals surface area contributed by atoms with Crippen molar-refractivity contribution in [3.63, 3.8) is 0 Å². The number of hydrogen-bond donors (Lipinski definition) is 1. The molecule has 0 spiro atoms. The largest absolute Gasteiger partial charge is 0.354 e. The molecule has 0 saturated heterocycles. The number of halogens is 1. The van der Waals surface area contributed by atoms with E-state index >= 15 is 0 Å². The summed E-state index contributed by atoms with van der Waals surface area (Å²) in [4.78, 5) is 26.9. The van der Waals surface area contributed by atoms with E-state index in [9.17, 15) is 9.59 Å². The lowest BCUT2D eigenvalue weighted by atomic mass is 10.0. The molecule has 0 aliphatic carbocycles. The van der Waals surface area contributed by atoms with E-state index in [0.29, 0.717) is 18.1 Å². The Morgan fingerprint density at radius 1 is 1.08 bits per heavy atom. The van der Waals surface area contributed by atoms with E-state index in [1.54, 1.807) is 17.0 Å². The Hall–Kier alpha value is -2.33. The molecule has 0 fully saturated rings. The van der Waals surface area contributed by atoms with Crippen molar-refractivity contribution in [2.45, 2.75) is 39.3 Å². The zero-order valence-corrected chi connectivity index (χ0v) is 16.0. The van der Waals surface area contributed by atoms with E-state index in [-0.39, 0.29) is 11.8 Å². The van der Waals surface area contributed by atoms with Crippen LogP contribution in [-0.2, 0) is 16.1 Å². The van der Waals surface area contributed by atoms with Gasteiger partial charge in [-0.2, -0.15) is 0 Å². The summed E-state index contributed by atoms with van der Waals surface area (Å²) in [5.41, 5.74) is 1.72. The standard InChI is InChI=1S/C21H25ClN2O2/c1-3-4-14-23-21(26)20(18-8-6-5-7-9-18)24(16(2)25)15-17-10-12-19(22)13-11-17/h5-13,20H,3-4,14-15H2,1-2H3,(H,23,26). The monoisotopic (exact) mass is 372 g/mol. The van der Waals surface area contributed by atoms with Gasteiger partial charge in [-0.25, -0.2) is 0 Å². The number of nitrogens with zero attached hydrogens (tertiary/aromatic N) is 1. The predicted molar refractivity (Wildman–Crippen MR) is 105 cm³/mol. The zero-order valence-electron chi connectivity index (χ0n) is 15.2. The molecule has 0 heterocycles. The highest BCUT2D eigenvalue weighted by atomic mass is 35.5. The third kappa shape index (κ3) is 5.60. The Balaban J connectivity index is 2.30. The van der Waals surface area contributed by atoms with Crippen LogP contribution in [0.2, 0.25) is 5.02 Å². The van der Waals surface area contributed by atoms with E-state index in [1.807, 2.05) is 42.5 Å². The summed E-state index contributed by atoms with van der Waals surface area (Å²) in [6.45, 7) is 4.51. The Bertz CT molecular complexity index is 717. The molecule has 2 aromatic rings. The molecule has 138 valence electrons. The molecule has 1 unspecified atom stereocenters. The summed E-state index contributed by atoms with van der Waals surface area (Å²) >= 11 is 5.95. The van der Waals surface area contributed by atoms with Crippen LogP contribution in [0, 0.1) is 0 Å². The van der Waals surface area contributed by atoms with Crippen molar-refractivity contribution in [2.75, 3.05) is 6.54 Å². The fourth-order valence-electron chi connectivity index (χ4n) is 2.76. The van der Waals surface area contributed by atoms with Gasteiger partial charge in [-0.3, -0.25) is 9.59 Å². The molecule has 4 nitrogen and oxygen atoms in total. The van der Waals surface area contributed by atoms with Gasteiger partial charge >= 0.3 is 0 Å². The Morgan fingerprint density at radius 2 is 1.73 bits per heavy atom. The molecule has 1 atom stereocenters. The van der Waals surface area contributed by atoms with E-state index in [2.05, 4.69) is 12.2 Å². The van der Waals surface area contributed by atoms with Crippen LogP contribution in [0.3, 0.4) is 0 Å². The fourth-order valence-corrected chi connectivity index (χ4v) is 2.89. The van der Waals surface area contributed by atoms with Crippen LogP contribution < -0.4 is 5.32 Å². The summed E-state index contributed by atoms with van der Waals surface area (Å²) in [6.07, 6.45) is 1.90. The Kier molecular flexibility index (Phi) is 7.67. The van der Waals surface area contributed by atoms with Gasteiger partial charge in [-0.15, -0.1) is 0 Å². The maximum absolute atomic E-state index is 12.9. The predicted octanol–water partition coefficient (Wildman–Crippen LogP) is 4.35. The van der Waals surface area contributed by atoms with Gasteiger partial charge in [0.2, 0.25) is 11.8 Å². The molecule has 5 heteroatoms. The van der Waals surface area contributed by atoms with Crippen LogP contribution in [-0.4, -0.2) is 23.3 Å². The van der Waals surface area contributed by atoms with Crippen molar-refractivity contribution in [3.8, 4) is 0 Å². The lowest BCUT2D eigenvalue weighted by Crippen LogP contribution is -2.42. The van der Waals surface area contributed by atoms with E-state index in [4.69, 9.17) is 11.6 Å². The lowest BCUT2D eigenvalue weighted by Gasteiger charge is -2.30. The van der Waals surface area contributed by atoms with Crippen LogP contribution in [0.1, 0.15) is 43.9 Å². The minimum atomic E-state index is -0.666. The van der Waals surface area contributed by atoms with Crippen LogP contribution in [0.4, 0.5) is 0 Å². The van der Waals surface area contributed by atoms with Gasteiger partial charge in [0.25, 0.3) is 0 Å². The number of amides is 2.